The van der Waals surface area contributed by atoms with E-state index in [1.54, 1.807) is 13.3 Å². The number of carbonyl (C=O) groups is 1. The lowest BCUT2D eigenvalue weighted by molar-refractivity contribution is -0.119. The number of rotatable bonds is 6. The van der Waals surface area contributed by atoms with Crippen molar-refractivity contribution in [1.82, 2.24) is 10.6 Å². The number of hydrogen-bond acceptors (Lipinski definition) is 3. The third kappa shape index (κ3) is 7.68. The molecule has 0 fully saturated rings. The van der Waals surface area contributed by atoms with Crippen molar-refractivity contribution in [2.75, 3.05) is 32.1 Å². The van der Waals surface area contributed by atoms with Crippen LogP contribution in [0.2, 0.25) is 0 Å². The highest BCUT2D eigenvalue weighted by molar-refractivity contribution is 7.84. The Balaban J connectivity index is 3.11. The average Bonchev–Trinajstić information content (AvgIpc) is 2.03. The Kier molecular flexibility index (Phi) is 6.99. The van der Waals surface area contributed by atoms with Crippen molar-refractivity contribution >= 4 is 16.7 Å². The molecule has 0 bridgehead atoms. The molecule has 0 heterocycles. The molecule has 0 aliphatic rings. The van der Waals surface area contributed by atoms with Gasteiger partial charge in [-0.25, -0.2) is 0 Å². The molecule has 4 nitrogen and oxygen atoms in total. The highest BCUT2D eigenvalue weighted by Gasteiger charge is 1.95. The fourth-order valence-corrected chi connectivity index (χ4v) is 1.24. The summed E-state index contributed by atoms with van der Waals surface area (Å²) in [5.41, 5.74) is 0. The predicted octanol–water partition coefficient (Wildman–Crippen LogP) is -0.909. The molecule has 72 valence electrons. The van der Waals surface area contributed by atoms with Gasteiger partial charge in [0.05, 0.1) is 6.54 Å². The molecule has 1 unspecified atom stereocenters. The molecule has 0 aromatic heterocycles. The second-order valence-corrected chi connectivity index (χ2v) is 4.04. The summed E-state index contributed by atoms with van der Waals surface area (Å²) in [5.74, 6) is 0.674. The van der Waals surface area contributed by atoms with Gasteiger partial charge in [-0.1, -0.05) is 0 Å². The summed E-state index contributed by atoms with van der Waals surface area (Å²) in [6, 6.07) is 0. The van der Waals surface area contributed by atoms with Gasteiger partial charge in [0.25, 0.3) is 0 Å². The fraction of sp³-hybridized carbons (Fsp3) is 0.857. The third-order valence-electron chi connectivity index (χ3n) is 1.35. The molecule has 5 heteroatoms. The van der Waals surface area contributed by atoms with E-state index in [9.17, 15) is 9.00 Å². The molecule has 0 rings (SSSR count). The Bertz CT molecular complexity index is 161. The summed E-state index contributed by atoms with van der Waals surface area (Å²) >= 11 is 0. The zero-order valence-electron chi connectivity index (χ0n) is 7.55. The van der Waals surface area contributed by atoms with Crippen LogP contribution in [0.1, 0.15) is 6.42 Å². The standard InChI is InChI=1S/C7H16N2O2S/c1-8-7(10)6-9-4-3-5-12(2)11/h9H,3-6H2,1-2H3,(H,8,10). The van der Waals surface area contributed by atoms with Gasteiger partial charge in [-0.3, -0.25) is 9.00 Å². The van der Waals surface area contributed by atoms with Crippen molar-refractivity contribution in [3.63, 3.8) is 0 Å². The summed E-state index contributed by atoms with van der Waals surface area (Å²) in [6.07, 6.45) is 2.53. The van der Waals surface area contributed by atoms with Gasteiger partial charge in [0.1, 0.15) is 0 Å². The summed E-state index contributed by atoms with van der Waals surface area (Å²) < 4.78 is 10.6. The van der Waals surface area contributed by atoms with Crippen LogP contribution < -0.4 is 10.6 Å². The van der Waals surface area contributed by atoms with E-state index in [1.165, 1.54) is 0 Å². The van der Waals surface area contributed by atoms with E-state index in [1.807, 2.05) is 0 Å². The largest absolute Gasteiger partial charge is 0.358 e. The zero-order chi connectivity index (χ0) is 9.40. The molecule has 0 saturated carbocycles. The van der Waals surface area contributed by atoms with E-state index < -0.39 is 10.8 Å². The lowest BCUT2D eigenvalue weighted by Crippen LogP contribution is -2.32. The number of amides is 1. The fourth-order valence-electron chi connectivity index (χ4n) is 0.691. The minimum atomic E-state index is -0.722. The summed E-state index contributed by atoms with van der Waals surface area (Å²) in [5, 5.41) is 5.45. The van der Waals surface area contributed by atoms with Gasteiger partial charge in [-0.05, 0) is 13.0 Å². The first-order chi connectivity index (χ1) is 5.66. The van der Waals surface area contributed by atoms with Gasteiger partial charge in [0.15, 0.2) is 0 Å². The number of hydrogen-bond donors (Lipinski definition) is 2. The molecule has 1 atom stereocenters. The monoisotopic (exact) mass is 192 g/mol. The third-order valence-corrected chi connectivity index (χ3v) is 2.21. The first kappa shape index (κ1) is 11.6. The quantitative estimate of drug-likeness (QED) is 0.536. The highest BCUT2D eigenvalue weighted by Crippen LogP contribution is 1.80. The van der Waals surface area contributed by atoms with Crippen LogP contribution in [0.25, 0.3) is 0 Å². The molecular weight excluding hydrogens is 176 g/mol. The van der Waals surface area contributed by atoms with Crippen LogP contribution in [0.5, 0.6) is 0 Å². The molecule has 0 spiro atoms. The summed E-state index contributed by atoms with van der Waals surface area (Å²) in [4.78, 5) is 10.7. The second kappa shape index (κ2) is 7.24. The summed E-state index contributed by atoms with van der Waals surface area (Å²) in [7, 11) is 0.880. The van der Waals surface area contributed by atoms with E-state index in [0.29, 0.717) is 12.3 Å². The Morgan fingerprint density at radius 2 is 2.17 bits per heavy atom. The maximum absolute atomic E-state index is 10.7. The molecule has 12 heavy (non-hydrogen) atoms. The van der Waals surface area contributed by atoms with E-state index in [4.69, 9.17) is 0 Å². The van der Waals surface area contributed by atoms with Gasteiger partial charge < -0.3 is 10.6 Å². The van der Waals surface area contributed by atoms with E-state index in [0.717, 1.165) is 13.0 Å². The minimum Gasteiger partial charge on any atom is -0.358 e. The van der Waals surface area contributed by atoms with Crippen molar-refractivity contribution < 1.29 is 9.00 Å². The average molecular weight is 192 g/mol. The Morgan fingerprint density at radius 1 is 1.50 bits per heavy atom. The normalized spacial score (nSPS) is 12.5. The Morgan fingerprint density at radius 3 is 2.67 bits per heavy atom. The van der Waals surface area contributed by atoms with Gasteiger partial charge >= 0.3 is 0 Å². The Hall–Kier alpha value is -0.420. The van der Waals surface area contributed by atoms with Gasteiger partial charge in [0, 0.05) is 29.9 Å². The van der Waals surface area contributed by atoms with Crippen molar-refractivity contribution in [3.05, 3.63) is 0 Å². The number of nitrogens with one attached hydrogen (secondary N) is 2. The topological polar surface area (TPSA) is 58.2 Å². The van der Waals surface area contributed by atoms with Crippen LogP contribution >= 0.6 is 0 Å². The lowest BCUT2D eigenvalue weighted by atomic mass is 10.4. The van der Waals surface area contributed by atoms with Gasteiger partial charge in [-0.15, -0.1) is 0 Å². The zero-order valence-corrected chi connectivity index (χ0v) is 8.37. The molecule has 0 aliphatic carbocycles. The van der Waals surface area contributed by atoms with E-state index >= 15 is 0 Å². The number of likely N-dealkylation sites (N-methyl/N-ethyl adjacent to an activating group) is 1. The maximum Gasteiger partial charge on any atom is 0.233 e. The maximum atomic E-state index is 10.7. The SMILES string of the molecule is CNC(=O)CNCCCS(C)=O. The van der Waals surface area contributed by atoms with Crippen molar-refractivity contribution in [2.45, 2.75) is 6.42 Å². The lowest BCUT2D eigenvalue weighted by Gasteiger charge is -2.01. The van der Waals surface area contributed by atoms with E-state index in [-0.39, 0.29) is 5.91 Å². The number of carbonyl (C=O) groups excluding carboxylic acids is 1. The Labute approximate surface area is 75.6 Å². The smallest absolute Gasteiger partial charge is 0.233 e. The predicted molar refractivity (Wildman–Crippen MR) is 50.5 cm³/mol. The minimum absolute atomic E-state index is 0.0207. The van der Waals surface area contributed by atoms with Crippen LogP contribution in [0.3, 0.4) is 0 Å². The molecule has 0 aromatic rings. The first-order valence-electron chi connectivity index (χ1n) is 3.88. The first-order valence-corrected chi connectivity index (χ1v) is 5.61. The van der Waals surface area contributed by atoms with Crippen LogP contribution in [-0.2, 0) is 15.6 Å². The van der Waals surface area contributed by atoms with Crippen molar-refractivity contribution in [2.24, 2.45) is 0 Å². The van der Waals surface area contributed by atoms with Crippen LogP contribution in [-0.4, -0.2) is 42.3 Å². The van der Waals surface area contributed by atoms with Crippen LogP contribution in [0.15, 0.2) is 0 Å². The van der Waals surface area contributed by atoms with Gasteiger partial charge in [-0.2, -0.15) is 0 Å². The highest BCUT2D eigenvalue weighted by atomic mass is 32.2. The van der Waals surface area contributed by atoms with Crippen LogP contribution in [0, 0.1) is 0 Å². The molecule has 0 aromatic carbocycles. The molecule has 2 N–H and O–H groups in total. The molecule has 1 amide bonds. The molecule has 0 aliphatic heterocycles. The van der Waals surface area contributed by atoms with E-state index in [2.05, 4.69) is 10.6 Å². The van der Waals surface area contributed by atoms with Crippen LogP contribution in [0.4, 0.5) is 0 Å². The van der Waals surface area contributed by atoms with Gasteiger partial charge in [0.2, 0.25) is 5.91 Å². The molecular formula is C7H16N2O2S. The van der Waals surface area contributed by atoms with Crippen molar-refractivity contribution in [1.29, 1.82) is 0 Å². The van der Waals surface area contributed by atoms with Crippen molar-refractivity contribution in [3.8, 4) is 0 Å². The molecule has 0 radical (unpaired) electrons. The summed E-state index contributed by atoms with van der Waals surface area (Å²) in [6.45, 7) is 1.08. The second-order valence-electron chi connectivity index (χ2n) is 2.48. The molecule has 0 saturated heterocycles.